The molecule has 0 unspecified atom stereocenters. The number of pyridine rings is 1. The first-order chi connectivity index (χ1) is 17.7. The Kier molecular flexibility index (Phi) is 6.62. The topological polar surface area (TPSA) is 84.2 Å². The third kappa shape index (κ3) is 5.30. The molecule has 2 aromatic carbocycles. The van der Waals surface area contributed by atoms with Crippen molar-refractivity contribution in [2.45, 2.75) is 38.4 Å². The second-order valence-corrected chi connectivity index (χ2v) is 9.66. The number of nitrogens with zero attached hydrogens (tertiary/aromatic N) is 2. The quantitative estimate of drug-likeness (QED) is 0.340. The molecule has 2 heterocycles. The predicted molar refractivity (Wildman–Crippen MR) is 133 cm³/mol. The lowest BCUT2D eigenvalue weighted by Crippen LogP contribution is -2.32. The third-order valence-corrected chi connectivity index (χ3v) is 7.17. The summed E-state index contributed by atoms with van der Waals surface area (Å²) < 4.78 is 42.7. The maximum Gasteiger partial charge on any atom is 0.416 e. The number of carbonyl (C=O) groups is 2. The van der Waals surface area contributed by atoms with Crippen molar-refractivity contribution in [2.75, 3.05) is 6.54 Å². The van der Waals surface area contributed by atoms with E-state index in [4.69, 9.17) is 0 Å². The van der Waals surface area contributed by atoms with Crippen LogP contribution in [0.1, 0.15) is 47.3 Å². The summed E-state index contributed by atoms with van der Waals surface area (Å²) in [6, 6.07) is 15.0. The fourth-order valence-corrected chi connectivity index (χ4v) is 5.13. The van der Waals surface area contributed by atoms with Gasteiger partial charge in [0.15, 0.2) is 0 Å². The molecule has 1 saturated carbocycles. The smallest absolute Gasteiger partial charge is 0.416 e. The van der Waals surface area contributed by atoms with E-state index in [0.29, 0.717) is 43.1 Å². The molecular formula is C28H26F3N3O3. The van der Waals surface area contributed by atoms with Gasteiger partial charge >= 0.3 is 12.1 Å². The van der Waals surface area contributed by atoms with Crippen molar-refractivity contribution in [1.82, 2.24) is 14.9 Å². The Hall–Kier alpha value is -3.88. The van der Waals surface area contributed by atoms with Crippen LogP contribution in [-0.4, -0.2) is 33.1 Å². The molecule has 9 heteroatoms. The Balaban J connectivity index is 1.43. The Labute approximate surface area is 211 Å². The summed E-state index contributed by atoms with van der Waals surface area (Å²) in [6.45, 7) is 0.578. The normalized spacial score (nSPS) is 18.2. The predicted octanol–water partition coefficient (Wildman–Crippen LogP) is 5.88. The summed E-state index contributed by atoms with van der Waals surface area (Å²) in [5.74, 6) is -1.67. The molecule has 4 aromatic rings. The molecule has 0 aliphatic heterocycles. The van der Waals surface area contributed by atoms with Gasteiger partial charge in [-0.15, -0.1) is 0 Å². The van der Waals surface area contributed by atoms with Gasteiger partial charge in [-0.1, -0.05) is 24.3 Å². The average molecular weight is 510 g/mol. The van der Waals surface area contributed by atoms with Crippen LogP contribution < -0.4 is 5.32 Å². The second kappa shape index (κ2) is 9.88. The van der Waals surface area contributed by atoms with Crippen LogP contribution in [0.2, 0.25) is 0 Å². The fourth-order valence-electron chi connectivity index (χ4n) is 5.13. The monoisotopic (exact) mass is 509 g/mol. The summed E-state index contributed by atoms with van der Waals surface area (Å²) in [6.07, 6.45) is -0.554. The zero-order valence-electron chi connectivity index (χ0n) is 20.0. The van der Waals surface area contributed by atoms with Gasteiger partial charge in [-0.25, -0.2) is 0 Å². The largest absolute Gasteiger partial charge is 0.481 e. The van der Waals surface area contributed by atoms with Crippen molar-refractivity contribution in [3.8, 4) is 0 Å². The molecule has 0 saturated heterocycles. The van der Waals surface area contributed by atoms with Crippen molar-refractivity contribution in [3.05, 3.63) is 77.6 Å². The molecule has 6 nitrogen and oxygen atoms in total. The standard InChI is InChI=1S/C28H26F3N3O3/c29-28(30,31)21-13-20-11-12-34(16-22-10-9-18-3-1-2-4-24(18)33-22)25(20)23(14-21)26(35)32-15-17-5-7-19(8-6-17)27(36)37/h1-4,9-14,17,19H,5-8,15-16H2,(H,32,35)(H,36,37). The minimum absolute atomic E-state index is 0.0464. The van der Waals surface area contributed by atoms with Crippen LogP contribution in [0.25, 0.3) is 21.8 Å². The van der Waals surface area contributed by atoms with Crippen LogP contribution in [-0.2, 0) is 17.5 Å². The Morgan fingerprint density at radius 2 is 1.76 bits per heavy atom. The molecule has 1 aliphatic rings. The van der Waals surface area contributed by atoms with Crippen LogP contribution in [0.4, 0.5) is 13.2 Å². The number of nitrogens with one attached hydrogen (secondary N) is 1. The van der Waals surface area contributed by atoms with Crippen LogP contribution in [0.3, 0.4) is 0 Å². The SMILES string of the molecule is O=C(NCC1CCC(C(=O)O)CC1)c1cc(C(F)(F)F)cc2ccn(Cc3ccc4ccccc4n3)c12. The van der Waals surface area contributed by atoms with Gasteiger partial charge in [0.1, 0.15) is 0 Å². The lowest BCUT2D eigenvalue weighted by Gasteiger charge is -2.26. The van der Waals surface area contributed by atoms with E-state index < -0.39 is 23.6 Å². The first kappa shape index (κ1) is 24.8. The number of hydrogen-bond acceptors (Lipinski definition) is 3. The number of carbonyl (C=O) groups excluding carboxylic acids is 1. The van der Waals surface area contributed by atoms with Crippen LogP contribution in [0.5, 0.6) is 0 Å². The van der Waals surface area contributed by atoms with E-state index in [0.717, 1.165) is 28.7 Å². The molecule has 0 bridgehead atoms. The van der Waals surface area contributed by atoms with Gasteiger partial charge in [0.2, 0.25) is 0 Å². The lowest BCUT2D eigenvalue weighted by atomic mass is 9.82. The van der Waals surface area contributed by atoms with Gasteiger partial charge < -0.3 is 15.0 Å². The van der Waals surface area contributed by atoms with E-state index in [1.807, 2.05) is 36.4 Å². The second-order valence-electron chi connectivity index (χ2n) is 9.66. The van der Waals surface area contributed by atoms with Crippen molar-refractivity contribution in [3.63, 3.8) is 0 Å². The maximum atomic E-state index is 13.6. The number of carboxylic acids is 1. The summed E-state index contributed by atoms with van der Waals surface area (Å²) in [5, 5.41) is 13.3. The highest BCUT2D eigenvalue weighted by Gasteiger charge is 2.33. The van der Waals surface area contributed by atoms with Gasteiger partial charge in [-0.2, -0.15) is 13.2 Å². The number of hydrogen-bond donors (Lipinski definition) is 2. The summed E-state index contributed by atoms with van der Waals surface area (Å²) in [5.41, 5.74) is 1.02. The zero-order chi connectivity index (χ0) is 26.2. The molecule has 5 rings (SSSR count). The number of halogens is 3. The van der Waals surface area contributed by atoms with E-state index in [2.05, 4.69) is 10.3 Å². The minimum atomic E-state index is -4.60. The first-order valence-electron chi connectivity index (χ1n) is 12.2. The Bertz CT molecular complexity index is 1470. The van der Waals surface area contributed by atoms with Gasteiger partial charge in [0, 0.05) is 23.5 Å². The van der Waals surface area contributed by atoms with Gasteiger partial charge in [-0.3, -0.25) is 14.6 Å². The molecule has 1 amide bonds. The first-order valence-corrected chi connectivity index (χ1v) is 12.2. The summed E-state index contributed by atoms with van der Waals surface area (Å²) in [7, 11) is 0. The number of aliphatic carboxylic acids is 1. The van der Waals surface area contributed by atoms with Crippen LogP contribution in [0.15, 0.2) is 60.8 Å². The number of rotatable bonds is 6. The number of benzene rings is 2. The molecule has 37 heavy (non-hydrogen) atoms. The van der Waals surface area contributed by atoms with Crippen molar-refractivity contribution >= 4 is 33.7 Å². The molecule has 1 aliphatic carbocycles. The molecule has 1 fully saturated rings. The Morgan fingerprint density at radius 1 is 1.00 bits per heavy atom. The minimum Gasteiger partial charge on any atom is -0.481 e. The van der Waals surface area contributed by atoms with Gasteiger partial charge in [0.05, 0.1) is 40.3 Å². The van der Waals surface area contributed by atoms with E-state index in [1.165, 1.54) is 0 Å². The summed E-state index contributed by atoms with van der Waals surface area (Å²) in [4.78, 5) is 29.1. The number of aromatic nitrogens is 2. The van der Waals surface area contributed by atoms with Gasteiger partial charge in [-0.05, 0) is 61.9 Å². The zero-order valence-corrected chi connectivity index (χ0v) is 20.0. The molecule has 2 aromatic heterocycles. The number of alkyl halides is 3. The fraction of sp³-hybridized carbons (Fsp3) is 0.321. The maximum absolute atomic E-state index is 13.6. The number of amides is 1. The highest BCUT2D eigenvalue weighted by Crippen LogP contribution is 2.34. The molecule has 0 radical (unpaired) electrons. The van der Waals surface area contributed by atoms with Crippen molar-refractivity contribution in [1.29, 1.82) is 0 Å². The molecular weight excluding hydrogens is 483 g/mol. The average Bonchev–Trinajstić information content (AvgIpc) is 3.29. The van der Waals surface area contributed by atoms with E-state index in [-0.39, 0.29) is 23.9 Å². The van der Waals surface area contributed by atoms with Crippen molar-refractivity contribution in [2.24, 2.45) is 11.8 Å². The third-order valence-electron chi connectivity index (χ3n) is 7.17. The highest BCUT2D eigenvalue weighted by atomic mass is 19.4. The van der Waals surface area contributed by atoms with E-state index in [9.17, 15) is 27.9 Å². The molecule has 0 spiro atoms. The highest BCUT2D eigenvalue weighted by molar-refractivity contribution is 6.06. The van der Waals surface area contributed by atoms with E-state index in [1.54, 1.807) is 16.8 Å². The van der Waals surface area contributed by atoms with Crippen LogP contribution in [0, 0.1) is 11.8 Å². The number of fused-ring (bicyclic) bond motifs is 2. The number of para-hydroxylation sites is 1. The Morgan fingerprint density at radius 3 is 2.49 bits per heavy atom. The van der Waals surface area contributed by atoms with E-state index >= 15 is 0 Å². The van der Waals surface area contributed by atoms with Gasteiger partial charge in [0.25, 0.3) is 5.91 Å². The number of carboxylic acid groups (broad SMARTS) is 1. The molecule has 2 N–H and O–H groups in total. The summed E-state index contributed by atoms with van der Waals surface area (Å²) >= 11 is 0. The molecule has 0 atom stereocenters. The van der Waals surface area contributed by atoms with Crippen LogP contribution >= 0.6 is 0 Å². The lowest BCUT2D eigenvalue weighted by molar-refractivity contribution is -0.143. The van der Waals surface area contributed by atoms with Crippen molar-refractivity contribution < 1.29 is 27.9 Å². The molecule has 192 valence electrons.